The Morgan fingerprint density at radius 1 is 1.05 bits per heavy atom. The standard InChI is InChI=1S/C17H20O2/c1-3-7-13-9-6-11-15(19)17(13)16-12(4-2)8-5-10-14(16)18/h3-6,10-13,16-17H,1-2,7-9H2/t12-,13-,16+,17+/m1/s1. The molecule has 100 valence electrons. The lowest BCUT2D eigenvalue weighted by molar-refractivity contribution is -0.131. The highest BCUT2D eigenvalue weighted by Crippen LogP contribution is 2.39. The van der Waals surface area contributed by atoms with Gasteiger partial charge in [0.2, 0.25) is 0 Å². The number of carbonyl (C=O) groups is 2. The Bertz CT molecular complexity index is 456. The van der Waals surface area contributed by atoms with Crippen LogP contribution in [-0.2, 0) is 9.59 Å². The zero-order valence-electron chi connectivity index (χ0n) is 11.1. The van der Waals surface area contributed by atoms with Crippen LogP contribution in [0.3, 0.4) is 0 Å². The van der Waals surface area contributed by atoms with Crippen LogP contribution in [-0.4, -0.2) is 11.6 Å². The highest BCUT2D eigenvalue weighted by molar-refractivity contribution is 6.00. The van der Waals surface area contributed by atoms with Crippen molar-refractivity contribution < 1.29 is 9.59 Å². The lowest BCUT2D eigenvalue weighted by Crippen LogP contribution is -2.40. The maximum absolute atomic E-state index is 12.3. The Hall–Kier alpha value is -1.70. The normalized spacial score (nSPS) is 34.3. The van der Waals surface area contributed by atoms with E-state index in [-0.39, 0.29) is 35.2 Å². The van der Waals surface area contributed by atoms with Crippen molar-refractivity contribution >= 4 is 11.6 Å². The molecule has 0 radical (unpaired) electrons. The van der Waals surface area contributed by atoms with E-state index in [1.165, 1.54) is 0 Å². The van der Waals surface area contributed by atoms with Crippen molar-refractivity contribution in [2.45, 2.75) is 19.3 Å². The predicted octanol–water partition coefficient (Wildman–Crippen LogP) is 3.27. The van der Waals surface area contributed by atoms with Crippen molar-refractivity contribution in [1.29, 1.82) is 0 Å². The molecule has 0 unspecified atom stereocenters. The van der Waals surface area contributed by atoms with Gasteiger partial charge in [0.25, 0.3) is 0 Å². The molecule has 2 aliphatic rings. The molecule has 0 aromatic rings. The molecule has 0 amide bonds. The van der Waals surface area contributed by atoms with Crippen LogP contribution < -0.4 is 0 Å². The molecule has 0 heterocycles. The molecule has 0 fully saturated rings. The molecule has 0 N–H and O–H groups in total. The average Bonchev–Trinajstić information content (AvgIpc) is 2.40. The van der Waals surface area contributed by atoms with Crippen LogP contribution in [0.5, 0.6) is 0 Å². The molecule has 0 aliphatic heterocycles. The summed E-state index contributed by atoms with van der Waals surface area (Å²) in [5.74, 6) is -0.0472. The number of rotatable bonds is 4. The number of carbonyl (C=O) groups excluding carboxylic acids is 2. The van der Waals surface area contributed by atoms with E-state index < -0.39 is 0 Å². The molecule has 2 heteroatoms. The molecule has 0 aromatic heterocycles. The minimum atomic E-state index is -0.245. The lowest BCUT2D eigenvalue weighted by atomic mass is 9.65. The summed E-state index contributed by atoms with van der Waals surface area (Å²) >= 11 is 0. The van der Waals surface area contributed by atoms with Gasteiger partial charge in [0.05, 0.1) is 0 Å². The molecule has 0 bridgehead atoms. The van der Waals surface area contributed by atoms with Crippen LogP contribution in [0.4, 0.5) is 0 Å². The Morgan fingerprint density at radius 2 is 1.68 bits per heavy atom. The third-order valence-electron chi connectivity index (χ3n) is 4.20. The SMILES string of the molecule is C=CC[C@@H]1CC=CC(=O)[C@H]1[C@@H]1C(=O)C=CC[C@H]1C=C. The zero-order chi connectivity index (χ0) is 13.8. The van der Waals surface area contributed by atoms with Crippen LogP contribution in [0.25, 0.3) is 0 Å². The quantitative estimate of drug-likeness (QED) is 0.723. The largest absolute Gasteiger partial charge is 0.295 e. The van der Waals surface area contributed by atoms with E-state index in [9.17, 15) is 9.59 Å². The van der Waals surface area contributed by atoms with E-state index in [1.54, 1.807) is 12.2 Å². The zero-order valence-corrected chi connectivity index (χ0v) is 11.1. The average molecular weight is 256 g/mol. The molecule has 2 rings (SSSR count). The molecule has 4 atom stereocenters. The summed E-state index contributed by atoms with van der Waals surface area (Å²) in [6.07, 6.45) is 13.2. The van der Waals surface area contributed by atoms with Gasteiger partial charge in [0.15, 0.2) is 11.6 Å². The second-order valence-corrected chi connectivity index (χ2v) is 5.32. The number of allylic oxidation sites excluding steroid dienone is 6. The molecular formula is C17H20O2. The third-order valence-corrected chi connectivity index (χ3v) is 4.20. The topological polar surface area (TPSA) is 34.1 Å². The minimum Gasteiger partial charge on any atom is -0.295 e. The minimum absolute atomic E-state index is 0.0684. The second kappa shape index (κ2) is 5.96. The predicted molar refractivity (Wildman–Crippen MR) is 76.5 cm³/mol. The van der Waals surface area contributed by atoms with E-state index in [4.69, 9.17) is 0 Å². The molecule has 0 saturated carbocycles. The van der Waals surface area contributed by atoms with Crippen molar-refractivity contribution in [1.82, 2.24) is 0 Å². The van der Waals surface area contributed by atoms with Crippen LogP contribution >= 0.6 is 0 Å². The van der Waals surface area contributed by atoms with Gasteiger partial charge in [-0.15, -0.1) is 13.2 Å². The lowest BCUT2D eigenvalue weighted by Gasteiger charge is -2.36. The van der Waals surface area contributed by atoms with Gasteiger partial charge in [-0.25, -0.2) is 0 Å². The maximum Gasteiger partial charge on any atom is 0.159 e. The van der Waals surface area contributed by atoms with Gasteiger partial charge >= 0.3 is 0 Å². The monoisotopic (exact) mass is 256 g/mol. The fourth-order valence-corrected chi connectivity index (χ4v) is 3.27. The fourth-order valence-electron chi connectivity index (χ4n) is 3.27. The van der Waals surface area contributed by atoms with E-state index in [2.05, 4.69) is 13.2 Å². The van der Waals surface area contributed by atoms with Crippen molar-refractivity contribution in [3.8, 4) is 0 Å². The highest BCUT2D eigenvalue weighted by atomic mass is 16.1. The third kappa shape index (κ3) is 2.67. The Labute approximate surface area is 114 Å². The van der Waals surface area contributed by atoms with Gasteiger partial charge in [-0.2, -0.15) is 0 Å². The molecule has 0 spiro atoms. The fraction of sp³-hybridized carbons (Fsp3) is 0.412. The van der Waals surface area contributed by atoms with E-state index >= 15 is 0 Å². The van der Waals surface area contributed by atoms with E-state index in [1.807, 2.05) is 24.3 Å². The second-order valence-electron chi connectivity index (χ2n) is 5.32. The van der Waals surface area contributed by atoms with Gasteiger partial charge in [0, 0.05) is 11.8 Å². The summed E-state index contributed by atoms with van der Waals surface area (Å²) in [5, 5.41) is 0. The Balaban J connectivity index is 2.34. The van der Waals surface area contributed by atoms with Crippen molar-refractivity contribution in [2.24, 2.45) is 23.7 Å². The van der Waals surface area contributed by atoms with Crippen LogP contribution in [0.2, 0.25) is 0 Å². The van der Waals surface area contributed by atoms with Crippen molar-refractivity contribution in [3.05, 3.63) is 49.6 Å². The molecule has 0 aromatic carbocycles. The van der Waals surface area contributed by atoms with Crippen LogP contribution in [0.15, 0.2) is 49.6 Å². The van der Waals surface area contributed by atoms with Crippen molar-refractivity contribution in [3.63, 3.8) is 0 Å². The summed E-state index contributed by atoms with van der Waals surface area (Å²) in [7, 11) is 0. The summed E-state index contributed by atoms with van der Waals surface area (Å²) in [6.45, 7) is 7.59. The highest BCUT2D eigenvalue weighted by Gasteiger charge is 2.42. The summed E-state index contributed by atoms with van der Waals surface area (Å²) < 4.78 is 0. The first-order valence-corrected chi connectivity index (χ1v) is 6.83. The number of ketones is 2. The van der Waals surface area contributed by atoms with Gasteiger partial charge in [-0.3, -0.25) is 9.59 Å². The van der Waals surface area contributed by atoms with Gasteiger partial charge < -0.3 is 0 Å². The first-order valence-electron chi connectivity index (χ1n) is 6.83. The molecule has 19 heavy (non-hydrogen) atoms. The summed E-state index contributed by atoms with van der Waals surface area (Å²) in [5.41, 5.74) is 0. The Morgan fingerprint density at radius 3 is 2.32 bits per heavy atom. The van der Waals surface area contributed by atoms with Crippen LogP contribution in [0, 0.1) is 23.7 Å². The first-order chi connectivity index (χ1) is 9.19. The van der Waals surface area contributed by atoms with Crippen molar-refractivity contribution in [2.75, 3.05) is 0 Å². The van der Waals surface area contributed by atoms with Gasteiger partial charge in [-0.1, -0.05) is 24.3 Å². The van der Waals surface area contributed by atoms with E-state index in [0.29, 0.717) is 0 Å². The summed E-state index contributed by atoms with van der Waals surface area (Å²) in [6, 6.07) is 0. The van der Waals surface area contributed by atoms with Gasteiger partial charge in [0.1, 0.15) is 0 Å². The maximum atomic E-state index is 12.3. The molecule has 2 nitrogen and oxygen atoms in total. The van der Waals surface area contributed by atoms with Crippen LogP contribution in [0.1, 0.15) is 19.3 Å². The Kier molecular flexibility index (Phi) is 4.31. The number of hydrogen-bond acceptors (Lipinski definition) is 2. The van der Waals surface area contributed by atoms with Gasteiger partial charge in [-0.05, 0) is 43.3 Å². The summed E-state index contributed by atoms with van der Waals surface area (Å²) in [4.78, 5) is 24.5. The first kappa shape index (κ1) is 13.7. The smallest absolute Gasteiger partial charge is 0.159 e. The van der Waals surface area contributed by atoms with E-state index in [0.717, 1.165) is 19.3 Å². The molecule has 0 saturated heterocycles. The molecule has 2 aliphatic carbocycles. The molecular weight excluding hydrogens is 236 g/mol. The number of hydrogen-bond donors (Lipinski definition) is 0.